The quantitative estimate of drug-likeness (QED) is 0.503. The lowest BCUT2D eigenvalue weighted by molar-refractivity contribution is -0.110. The van der Waals surface area contributed by atoms with Crippen LogP contribution in [0, 0.1) is 0 Å². The molecule has 4 N–H and O–H groups in total. The third kappa shape index (κ3) is 1.75. The molecule has 0 spiro atoms. The van der Waals surface area contributed by atoms with Crippen LogP contribution in [0.3, 0.4) is 0 Å². The molecule has 1 amide bonds. The predicted octanol–water partition coefficient (Wildman–Crippen LogP) is 1.26. The van der Waals surface area contributed by atoms with E-state index in [-0.39, 0.29) is 6.04 Å². The number of anilines is 2. The van der Waals surface area contributed by atoms with Crippen molar-refractivity contribution in [2.75, 3.05) is 11.1 Å². The summed E-state index contributed by atoms with van der Waals surface area (Å²) in [5.74, 6) is 0. The van der Waals surface area contributed by atoms with Crippen molar-refractivity contribution in [1.29, 1.82) is 0 Å². The average Bonchev–Trinajstić information content (AvgIpc) is 2.17. The predicted molar refractivity (Wildman–Crippen MR) is 60.5 cm³/mol. The van der Waals surface area contributed by atoms with Crippen molar-refractivity contribution in [2.24, 2.45) is 0 Å². The Labute approximate surface area is 88.9 Å². The van der Waals surface area contributed by atoms with Gasteiger partial charge in [-0.2, -0.15) is 0 Å². The molecular weight excluding hydrogens is 190 g/mol. The molecule has 1 aromatic rings. The van der Waals surface area contributed by atoms with Crippen LogP contribution >= 0.6 is 0 Å². The third-order valence-electron chi connectivity index (χ3n) is 2.75. The number of benzene rings is 1. The highest BCUT2D eigenvalue weighted by Gasteiger charge is 2.25. The molecular formula is C11H15N3O. The summed E-state index contributed by atoms with van der Waals surface area (Å²) in [5, 5.41) is 6.16. The zero-order valence-electron chi connectivity index (χ0n) is 8.66. The normalized spacial score (nSPS) is 23.8. The van der Waals surface area contributed by atoms with E-state index in [1.54, 1.807) is 0 Å². The zero-order valence-corrected chi connectivity index (χ0v) is 8.66. The van der Waals surface area contributed by atoms with Gasteiger partial charge in [0, 0.05) is 23.0 Å². The highest BCUT2D eigenvalue weighted by Crippen LogP contribution is 2.35. The highest BCUT2D eigenvalue weighted by atomic mass is 16.1. The standard InChI is InChI=1S/C11H15N3O/c1-7-5-10(13-6-15)11-8(12)3-2-4-9(11)14-7/h2-4,6-7,10,14H,5,12H2,1H3,(H,13,15). The minimum Gasteiger partial charge on any atom is -0.398 e. The first kappa shape index (κ1) is 9.83. The molecule has 0 saturated carbocycles. The molecule has 0 radical (unpaired) electrons. The van der Waals surface area contributed by atoms with E-state index in [4.69, 9.17) is 5.73 Å². The van der Waals surface area contributed by atoms with Crippen LogP contribution < -0.4 is 16.4 Å². The monoisotopic (exact) mass is 205 g/mol. The second-order valence-electron chi connectivity index (χ2n) is 3.93. The minimum atomic E-state index is 0.0231. The lowest BCUT2D eigenvalue weighted by Crippen LogP contribution is -2.33. The Hall–Kier alpha value is -1.71. The maximum Gasteiger partial charge on any atom is 0.207 e. The fourth-order valence-corrected chi connectivity index (χ4v) is 2.13. The second-order valence-corrected chi connectivity index (χ2v) is 3.93. The van der Waals surface area contributed by atoms with Crippen LogP contribution in [0.25, 0.3) is 0 Å². The van der Waals surface area contributed by atoms with E-state index in [2.05, 4.69) is 17.6 Å². The molecule has 0 fully saturated rings. The Kier molecular flexibility index (Phi) is 2.49. The average molecular weight is 205 g/mol. The van der Waals surface area contributed by atoms with Gasteiger partial charge in [-0.05, 0) is 25.5 Å². The fraction of sp³-hybridized carbons (Fsp3) is 0.364. The Morgan fingerprint density at radius 2 is 2.40 bits per heavy atom. The summed E-state index contributed by atoms with van der Waals surface area (Å²) in [6.07, 6.45) is 1.60. The molecule has 4 nitrogen and oxygen atoms in total. The van der Waals surface area contributed by atoms with Crippen molar-refractivity contribution < 1.29 is 4.79 Å². The van der Waals surface area contributed by atoms with Crippen molar-refractivity contribution in [3.63, 3.8) is 0 Å². The van der Waals surface area contributed by atoms with Crippen LogP contribution in [0.2, 0.25) is 0 Å². The number of hydrogen-bond acceptors (Lipinski definition) is 3. The number of nitrogens with two attached hydrogens (primary N) is 1. The first-order valence-electron chi connectivity index (χ1n) is 5.07. The largest absolute Gasteiger partial charge is 0.398 e. The first-order valence-corrected chi connectivity index (χ1v) is 5.07. The third-order valence-corrected chi connectivity index (χ3v) is 2.75. The molecule has 15 heavy (non-hydrogen) atoms. The maximum atomic E-state index is 10.5. The second kappa shape index (κ2) is 3.81. The number of amides is 1. The number of nitrogen functional groups attached to an aromatic ring is 1. The molecule has 0 aromatic heterocycles. The van der Waals surface area contributed by atoms with Crippen LogP contribution in [-0.4, -0.2) is 12.5 Å². The Morgan fingerprint density at radius 1 is 1.60 bits per heavy atom. The van der Waals surface area contributed by atoms with E-state index >= 15 is 0 Å². The Morgan fingerprint density at radius 3 is 3.13 bits per heavy atom. The zero-order chi connectivity index (χ0) is 10.8. The molecule has 1 aliphatic heterocycles. The lowest BCUT2D eigenvalue weighted by atomic mass is 9.92. The Bertz CT molecular complexity index is 378. The van der Waals surface area contributed by atoms with Crippen molar-refractivity contribution >= 4 is 17.8 Å². The van der Waals surface area contributed by atoms with Gasteiger partial charge in [0.15, 0.2) is 0 Å². The van der Waals surface area contributed by atoms with Gasteiger partial charge in [-0.25, -0.2) is 0 Å². The SMILES string of the molecule is CC1CC(NC=O)c2c(N)cccc2N1. The minimum absolute atomic E-state index is 0.0231. The van der Waals surface area contributed by atoms with Gasteiger partial charge in [-0.15, -0.1) is 0 Å². The van der Waals surface area contributed by atoms with Crippen molar-refractivity contribution in [3.8, 4) is 0 Å². The van der Waals surface area contributed by atoms with E-state index in [0.29, 0.717) is 6.04 Å². The molecule has 0 saturated heterocycles. The molecule has 1 aliphatic rings. The molecule has 80 valence electrons. The van der Waals surface area contributed by atoms with Crippen molar-refractivity contribution in [3.05, 3.63) is 23.8 Å². The fourth-order valence-electron chi connectivity index (χ4n) is 2.13. The van der Waals surface area contributed by atoms with Gasteiger partial charge in [0.2, 0.25) is 6.41 Å². The first-order chi connectivity index (χ1) is 7.22. The number of nitrogens with one attached hydrogen (secondary N) is 2. The molecule has 0 aliphatic carbocycles. The molecule has 2 unspecified atom stereocenters. The van der Waals surface area contributed by atoms with Gasteiger partial charge >= 0.3 is 0 Å². The van der Waals surface area contributed by atoms with E-state index in [1.165, 1.54) is 0 Å². The summed E-state index contributed by atoms with van der Waals surface area (Å²) in [7, 11) is 0. The van der Waals surface area contributed by atoms with Gasteiger partial charge in [0.05, 0.1) is 6.04 Å². The Balaban J connectivity index is 2.42. The molecule has 4 heteroatoms. The van der Waals surface area contributed by atoms with Gasteiger partial charge in [-0.3, -0.25) is 4.79 Å². The van der Waals surface area contributed by atoms with Gasteiger partial charge in [0.1, 0.15) is 0 Å². The van der Waals surface area contributed by atoms with Crippen molar-refractivity contribution in [1.82, 2.24) is 5.32 Å². The van der Waals surface area contributed by atoms with Crippen LogP contribution in [0.4, 0.5) is 11.4 Å². The maximum absolute atomic E-state index is 10.5. The number of fused-ring (bicyclic) bond motifs is 1. The van der Waals surface area contributed by atoms with E-state index < -0.39 is 0 Å². The number of carbonyl (C=O) groups excluding carboxylic acids is 1. The van der Waals surface area contributed by atoms with E-state index in [9.17, 15) is 4.79 Å². The molecule has 2 rings (SSSR count). The molecule has 1 heterocycles. The molecule has 2 atom stereocenters. The van der Waals surface area contributed by atoms with Crippen LogP contribution in [0.1, 0.15) is 24.9 Å². The number of rotatable bonds is 2. The van der Waals surface area contributed by atoms with Crippen LogP contribution in [-0.2, 0) is 4.79 Å². The summed E-state index contributed by atoms with van der Waals surface area (Å²) in [4.78, 5) is 10.5. The van der Waals surface area contributed by atoms with Crippen LogP contribution in [0.5, 0.6) is 0 Å². The van der Waals surface area contributed by atoms with E-state index in [1.807, 2.05) is 18.2 Å². The van der Waals surface area contributed by atoms with Gasteiger partial charge in [-0.1, -0.05) is 6.07 Å². The summed E-state index contributed by atoms with van der Waals surface area (Å²) in [6.45, 7) is 2.09. The number of hydrogen-bond donors (Lipinski definition) is 3. The summed E-state index contributed by atoms with van der Waals surface area (Å²) in [6, 6.07) is 6.13. The van der Waals surface area contributed by atoms with Gasteiger partial charge in [0.25, 0.3) is 0 Å². The highest BCUT2D eigenvalue weighted by molar-refractivity contribution is 5.68. The smallest absolute Gasteiger partial charge is 0.207 e. The topological polar surface area (TPSA) is 67.2 Å². The summed E-state index contributed by atoms with van der Waals surface area (Å²) in [5.41, 5.74) is 8.66. The van der Waals surface area contributed by atoms with Gasteiger partial charge < -0.3 is 16.4 Å². The number of carbonyl (C=O) groups is 1. The molecule has 1 aromatic carbocycles. The van der Waals surface area contributed by atoms with Crippen molar-refractivity contribution in [2.45, 2.75) is 25.4 Å². The summed E-state index contributed by atoms with van der Waals surface area (Å²) >= 11 is 0. The van der Waals surface area contributed by atoms with E-state index in [0.717, 1.165) is 29.8 Å². The molecule has 0 bridgehead atoms. The lowest BCUT2D eigenvalue weighted by Gasteiger charge is -2.31. The van der Waals surface area contributed by atoms with Crippen LogP contribution in [0.15, 0.2) is 18.2 Å². The summed E-state index contributed by atoms with van der Waals surface area (Å²) < 4.78 is 0.